The van der Waals surface area contributed by atoms with Gasteiger partial charge in [-0.15, -0.1) is 0 Å². The van der Waals surface area contributed by atoms with Gasteiger partial charge in [0.15, 0.2) is 0 Å². The fraction of sp³-hybridized carbons (Fsp3) is 0.833. The van der Waals surface area contributed by atoms with Crippen molar-refractivity contribution in [3.05, 3.63) is 0 Å². The van der Waals surface area contributed by atoms with Crippen molar-refractivity contribution in [2.45, 2.75) is 44.8 Å². The second-order valence-corrected chi connectivity index (χ2v) is 5.45. The monoisotopic (exact) mass is 239 g/mol. The predicted molar refractivity (Wildman–Crippen MR) is 64.4 cm³/mol. The number of carbonyl (C=O) groups is 1. The zero-order chi connectivity index (χ0) is 13.1. The van der Waals surface area contributed by atoms with Crippen molar-refractivity contribution in [2.24, 2.45) is 0 Å². The van der Waals surface area contributed by atoms with Crippen LogP contribution in [-0.2, 0) is 4.74 Å². The minimum Gasteiger partial charge on any atom is -0.444 e. The summed E-state index contributed by atoms with van der Waals surface area (Å²) in [7, 11) is 1.75. The third-order valence-electron chi connectivity index (χ3n) is 2.84. The molecule has 0 saturated carbocycles. The number of carbonyl (C=O) groups excluding carboxylic acids is 1. The number of hydrogen-bond acceptors (Lipinski definition) is 4. The van der Waals surface area contributed by atoms with Crippen molar-refractivity contribution in [3.8, 4) is 6.07 Å². The maximum absolute atomic E-state index is 11.9. The average Bonchev–Trinajstić information content (AvgIpc) is 2.27. The van der Waals surface area contributed by atoms with Crippen molar-refractivity contribution in [1.82, 2.24) is 10.2 Å². The lowest BCUT2D eigenvalue weighted by Crippen LogP contribution is -2.56. The van der Waals surface area contributed by atoms with Gasteiger partial charge < -0.3 is 15.0 Å². The number of nitrogens with one attached hydrogen (secondary N) is 1. The van der Waals surface area contributed by atoms with E-state index in [0.29, 0.717) is 13.1 Å². The van der Waals surface area contributed by atoms with Crippen LogP contribution < -0.4 is 5.32 Å². The molecular weight excluding hydrogens is 218 g/mol. The summed E-state index contributed by atoms with van der Waals surface area (Å²) >= 11 is 0. The van der Waals surface area contributed by atoms with Gasteiger partial charge in [-0.2, -0.15) is 5.26 Å². The molecule has 0 aliphatic carbocycles. The van der Waals surface area contributed by atoms with Crippen molar-refractivity contribution < 1.29 is 9.53 Å². The van der Waals surface area contributed by atoms with Gasteiger partial charge in [-0.1, -0.05) is 0 Å². The Morgan fingerprint density at radius 2 is 2.18 bits per heavy atom. The van der Waals surface area contributed by atoms with Gasteiger partial charge in [0.25, 0.3) is 0 Å². The summed E-state index contributed by atoms with van der Waals surface area (Å²) in [6.45, 7) is 6.55. The molecule has 1 fully saturated rings. The standard InChI is InChI=1S/C12H21N3O2/c1-11(2,3)17-10(16)15-7-5-6-12(8-13,9-15)14-4/h14H,5-7,9H2,1-4H3. The number of rotatable bonds is 1. The Hall–Kier alpha value is -1.28. The number of ether oxygens (including phenoxy) is 1. The molecule has 1 rings (SSSR count). The van der Waals surface area contributed by atoms with Crippen LogP contribution in [0.3, 0.4) is 0 Å². The second-order valence-electron chi connectivity index (χ2n) is 5.45. The van der Waals surface area contributed by atoms with Crippen molar-refractivity contribution in [3.63, 3.8) is 0 Å². The zero-order valence-corrected chi connectivity index (χ0v) is 11.0. The van der Waals surface area contributed by atoms with Crippen LogP contribution in [0.4, 0.5) is 4.79 Å². The molecule has 1 amide bonds. The smallest absolute Gasteiger partial charge is 0.410 e. The van der Waals surface area contributed by atoms with E-state index in [1.54, 1.807) is 11.9 Å². The second kappa shape index (κ2) is 4.92. The van der Waals surface area contributed by atoms with Crippen LogP contribution in [0.1, 0.15) is 33.6 Å². The van der Waals surface area contributed by atoms with Gasteiger partial charge in [-0.05, 0) is 40.7 Å². The maximum Gasteiger partial charge on any atom is 0.410 e. The molecule has 0 bridgehead atoms. The average molecular weight is 239 g/mol. The van der Waals surface area contributed by atoms with Gasteiger partial charge >= 0.3 is 6.09 Å². The van der Waals surface area contributed by atoms with E-state index in [-0.39, 0.29) is 6.09 Å². The number of likely N-dealkylation sites (tertiary alicyclic amines) is 1. The largest absolute Gasteiger partial charge is 0.444 e. The van der Waals surface area contributed by atoms with Gasteiger partial charge in [-0.3, -0.25) is 0 Å². The Balaban J connectivity index is 2.68. The Morgan fingerprint density at radius 1 is 1.53 bits per heavy atom. The number of nitrogens with zero attached hydrogens (tertiary/aromatic N) is 2. The molecule has 0 spiro atoms. The summed E-state index contributed by atoms with van der Waals surface area (Å²) in [6, 6.07) is 2.25. The normalized spacial score (nSPS) is 25.2. The molecule has 1 saturated heterocycles. The van der Waals surface area contributed by atoms with Crippen molar-refractivity contribution in [2.75, 3.05) is 20.1 Å². The first-order valence-corrected chi connectivity index (χ1v) is 5.90. The molecule has 1 aliphatic heterocycles. The number of nitriles is 1. The van der Waals surface area contributed by atoms with Crippen LogP contribution in [0.5, 0.6) is 0 Å². The predicted octanol–water partition coefficient (Wildman–Crippen LogP) is 1.50. The van der Waals surface area contributed by atoms with E-state index in [4.69, 9.17) is 4.74 Å². The first-order chi connectivity index (χ1) is 7.82. The number of likely N-dealkylation sites (N-methyl/N-ethyl adjacent to an activating group) is 1. The van der Waals surface area contributed by atoms with Gasteiger partial charge in [0.05, 0.1) is 12.6 Å². The molecule has 1 heterocycles. The molecule has 0 aromatic rings. The lowest BCUT2D eigenvalue weighted by atomic mass is 9.91. The van der Waals surface area contributed by atoms with E-state index < -0.39 is 11.1 Å². The van der Waals surface area contributed by atoms with Crippen molar-refractivity contribution in [1.29, 1.82) is 5.26 Å². The van der Waals surface area contributed by atoms with E-state index in [9.17, 15) is 10.1 Å². The Morgan fingerprint density at radius 3 is 2.65 bits per heavy atom. The van der Waals surface area contributed by atoms with Crippen LogP contribution in [0.2, 0.25) is 0 Å². The highest BCUT2D eigenvalue weighted by molar-refractivity contribution is 5.68. The third kappa shape index (κ3) is 3.60. The highest BCUT2D eigenvalue weighted by atomic mass is 16.6. The summed E-state index contributed by atoms with van der Waals surface area (Å²) in [6.07, 6.45) is 1.24. The summed E-state index contributed by atoms with van der Waals surface area (Å²) in [4.78, 5) is 13.5. The van der Waals surface area contributed by atoms with Gasteiger partial charge in [-0.25, -0.2) is 4.79 Å². The highest BCUT2D eigenvalue weighted by Gasteiger charge is 2.37. The molecule has 1 unspecified atom stereocenters. The van der Waals surface area contributed by atoms with E-state index in [0.717, 1.165) is 12.8 Å². The summed E-state index contributed by atoms with van der Waals surface area (Å²) in [5.74, 6) is 0. The SMILES string of the molecule is CNC1(C#N)CCCN(C(=O)OC(C)(C)C)C1. The van der Waals surface area contributed by atoms with Crippen molar-refractivity contribution >= 4 is 6.09 Å². The zero-order valence-electron chi connectivity index (χ0n) is 11.0. The summed E-state index contributed by atoms with van der Waals surface area (Å²) in [5, 5.41) is 12.2. The van der Waals surface area contributed by atoms with Crippen LogP contribution in [0.25, 0.3) is 0 Å². The maximum atomic E-state index is 11.9. The van der Waals surface area contributed by atoms with E-state index in [1.807, 2.05) is 20.8 Å². The molecule has 96 valence electrons. The molecule has 5 nitrogen and oxygen atoms in total. The molecule has 1 aliphatic rings. The highest BCUT2D eigenvalue weighted by Crippen LogP contribution is 2.22. The minimum atomic E-state index is -0.630. The molecule has 5 heteroatoms. The van der Waals surface area contributed by atoms with Crippen LogP contribution in [0, 0.1) is 11.3 Å². The molecule has 17 heavy (non-hydrogen) atoms. The van der Waals surface area contributed by atoms with Crippen LogP contribution in [0.15, 0.2) is 0 Å². The van der Waals surface area contributed by atoms with E-state index in [2.05, 4.69) is 11.4 Å². The first-order valence-electron chi connectivity index (χ1n) is 5.90. The first kappa shape index (κ1) is 13.8. The van der Waals surface area contributed by atoms with Crippen LogP contribution >= 0.6 is 0 Å². The quantitative estimate of drug-likeness (QED) is 0.753. The lowest BCUT2D eigenvalue weighted by molar-refractivity contribution is 0.0155. The minimum absolute atomic E-state index is 0.341. The Kier molecular flexibility index (Phi) is 3.99. The lowest BCUT2D eigenvalue weighted by Gasteiger charge is -2.38. The number of piperidine rings is 1. The molecule has 0 aromatic heterocycles. The number of hydrogen-bond donors (Lipinski definition) is 1. The van der Waals surface area contributed by atoms with Gasteiger partial charge in [0.1, 0.15) is 11.1 Å². The third-order valence-corrected chi connectivity index (χ3v) is 2.84. The van der Waals surface area contributed by atoms with Gasteiger partial charge in [0, 0.05) is 6.54 Å². The molecule has 1 atom stereocenters. The molecule has 0 radical (unpaired) electrons. The fourth-order valence-electron chi connectivity index (χ4n) is 1.89. The molecule has 0 aromatic carbocycles. The summed E-state index contributed by atoms with van der Waals surface area (Å²) in [5.41, 5.74) is -1.13. The van der Waals surface area contributed by atoms with Crippen LogP contribution in [-0.4, -0.2) is 42.3 Å². The molecule has 1 N–H and O–H groups in total. The van der Waals surface area contributed by atoms with E-state index >= 15 is 0 Å². The van der Waals surface area contributed by atoms with E-state index in [1.165, 1.54) is 0 Å². The fourth-order valence-corrected chi connectivity index (χ4v) is 1.89. The number of amides is 1. The Bertz CT molecular complexity index is 330. The van der Waals surface area contributed by atoms with Gasteiger partial charge in [0.2, 0.25) is 0 Å². The topological polar surface area (TPSA) is 65.4 Å². The molecular formula is C12H21N3O2. The summed E-state index contributed by atoms with van der Waals surface area (Å²) < 4.78 is 5.31. The Labute approximate surface area is 103 Å².